The van der Waals surface area contributed by atoms with Crippen LogP contribution >= 0.6 is 0 Å². The SMILES string of the molecule is CCc1c(F)ccc2cc(O)cc(-c3ncc4c(N5C[C@@H]6CO[C@@H](C6)C5)nc(C(C)C)nc4c3F)c12. The van der Waals surface area contributed by atoms with E-state index in [9.17, 15) is 9.50 Å². The molecule has 36 heavy (non-hydrogen) atoms. The molecule has 2 atom stereocenters. The fourth-order valence-electron chi connectivity index (χ4n) is 5.62. The van der Waals surface area contributed by atoms with Crippen molar-refractivity contribution in [2.75, 3.05) is 24.6 Å². The van der Waals surface area contributed by atoms with Gasteiger partial charge in [0, 0.05) is 36.7 Å². The molecule has 2 bridgehead atoms. The number of fused-ring (bicyclic) bond motifs is 4. The molecule has 2 fully saturated rings. The van der Waals surface area contributed by atoms with Gasteiger partial charge in [0.25, 0.3) is 0 Å². The summed E-state index contributed by atoms with van der Waals surface area (Å²) >= 11 is 0. The van der Waals surface area contributed by atoms with E-state index >= 15 is 4.39 Å². The third-order valence-corrected chi connectivity index (χ3v) is 7.33. The zero-order valence-electron chi connectivity index (χ0n) is 20.6. The number of aromatic nitrogens is 3. The first kappa shape index (κ1) is 23.0. The van der Waals surface area contributed by atoms with Crippen LogP contribution < -0.4 is 4.90 Å². The first-order valence-corrected chi connectivity index (χ1v) is 12.5. The van der Waals surface area contributed by atoms with E-state index in [0.29, 0.717) is 57.8 Å². The lowest BCUT2D eigenvalue weighted by molar-refractivity contribution is 0.119. The number of halogens is 2. The maximum absolute atomic E-state index is 16.3. The Morgan fingerprint density at radius 1 is 1.17 bits per heavy atom. The van der Waals surface area contributed by atoms with Crippen LogP contribution in [0.15, 0.2) is 30.5 Å². The number of rotatable bonds is 4. The molecule has 186 valence electrons. The molecule has 1 N–H and O–H groups in total. The summed E-state index contributed by atoms with van der Waals surface area (Å²) in [5, 5.41) is 12.1. The molecule has 2 aromatic carbocycles. The van der Waals surface area contributed by atoms with Gasteiger partial charge in [-0.25, -0.2) is 18.7 Å². The Morgan fingerprint density at radius 2 is 2.00 bits per heavy atom. The van der Waals surface area contributed by atoms with Crippen LogP contribution in [0.1, 0.15) is 44.5 Å². The Morgan fingerprint density at radius 3 is 2.75 bits per heavy atom. The van der Waals surface area contributed by atoms with Crippen LogP contribution in [0, 0.1) is 17.6 Å². The summed E-state index contributed by atoms with van der Waals surface area (Å²) in [6, 6.07) is 5.97. The summed E-state index contributed by atoms with van der Waals surface area (Å²) in [5.41, 5.74) is 1.01. The van der Waals surface area contributed by atoms with E-state index < -0.39 is 5.82 Å². The number of aryl methyl sites for hydroxylation is 1. The Hall–Kier alpha value is -3.39. The minimum Gasteiger partial charge on any atom is -0.508 e. The number of phenols is 1. The van der Waals surface area contributed by atoms with E-state index in [1.165, 1.54) is 12.1 Å². The van der Waals surface area contributed by atoms with Crippen LogP contribution in [-0.4, -0.2) is 45.9 Å². The minimum absolute atomic E-state index is 0.00989. The molecule has 6 rings (SSSR count). The highest BCUT2D eigenvalue weighted by Gasteiger charge is 2.35. The second kappa shape index (κ2) is 8.62. The van der Waals surface area contributed by atoms with E-state index in [1.807, 2.05) is 20.8 Å². The summed E-state index contributed by atoms with van der Waals surface area (Å²) in [4.78, 5) is 16.1. The summed E-state index contributed by atoms with van der Waals surface area (Å²) in [7, 11) is 0. The van der Waals surface area contributed by atoms with Gasteiger partial charge in [-0.05, 0) is 47.4 Å². The van der Waals surface area contributed by atoms with Crippen LogP contribution in [0.25, 0.3) is 32.9 Å². The largest absolute Gasteiger partial charge is 0.508 e. The Balaban J connectivity index is 1.60. The average molecular weight is 491 g/mol. The van der Waals surface area contributed by atoms with Crippen molar-refractivity contribution in [2.45, 2.75) is 45.6 Å². The monoisotopic (exact) mass is 490 g/mol. The standard InChI is InChI=1S/C28H28F2N4O2/c1-4-19-22(29)6-5-16-8-17(35)9-20(23(16)19)25-24(30)26-21(10-31-25)28(33-27(32-26)14(2)3)34-11-15-7-18(12-34)36-13-15/h5-6,8-10,14-15,18,35H,4,7,11-13H2,1-3H3/t15-,18+/m1/s1. The number of aromatic hydroxyl groups is 1. The van der Waals surface area contributed by atoms with Gasteiger partial charge in [0.05, 0.1) is 18.1 Å². The highest BCUT2D eigenvalue weighted by atomic mass is 19.1. The lowest BCUT2D eigenvalue weighted by atomic mass is 9.94. The van der Waals surface area contributed by atoms with Gasteiger partial charge >= 0.3 is 0 Å². The van der Waals surface area contributed by atoms with Crippen LogP contribution in [0.2, 0.25) is 0 Å². The molecule has 8 heteroatoms. The van der Waals surface area contributed by atoms with E-state index in [2.05, 4.69) is 14.9 Å². The van der Waals surface area contributed by atoms with E-state index in [4.69, 9.17) is 9.72 Å². The summed E-state index contributed by atoms with van der Waals surface area (Å²) < 4.78 is 36.9. The number of hydrogen-bond acceptors (Lipinski definition) is 6. The van der Waals surface area contributed by atoms with E-state index in [1.54, 1.807) is 18.3 Å². The molecule has 2 aliphatic rings. The summed E-state index contributed by atoms with van der Waals surface area (Å²) in [5.74, 6) is 0.622. The number of nitrogens with zero attached hydrogens (tertiary/aromatic N) is 4. The Bertz CT molecular complexity index is 1490. The van der Waals surface area contributed by atoms with Gasteiger partial charge in [0.15, 0.2) is 5.82 Å². The molecule has 4 heterocycles. The van der Waals surface area contributed by atoms with Crippen molar-refractivity contribution in [3.8, 4) is 17.0 Å². The van der Waals surface area contributed by atoms with Gasteiger partial charge in [-0.1, -0.05) is 26.8 Å². The van der Waals surface area contributed by atoms with Crippen LogP contribution in [0.5, 0.6) is 5.75 Å². The number of anilines is 1. The zero-order chi connectivity index (χ0) is 25.1. The lowest BCUT2D eigenvalue weighted by Crippen LogP contribution is -2.40. The predicted molar refractivity (Wildman–Crippen MR) is 135 cm³/mol. The molecule has 2 aromatic heterocycles. The Labute approximate surface area is 208 Å². The number of ether oxygens (including phenoxy) is 1. The maximum Gasteiger partial charge on any atom is 0.175 e. The summed E-state index contributed by atoms with van der Waals surface area (Å²) in [6.45, 7) is 8.03. The van der Waals surface area contributed by atoms with Gasteiger partial charge < -0.3 is 14.7 Å². The molecule has 4 aromatic rings. The van der Waals surface area contributed by atoms with Gasteiger partial charge in [-0.15, -0.1) is 0 Å². The summed E-state index contributed by atoms with van der Waals surface area (Å²) in [6.07, 6.45) is 3.20. The quantitative estimate of drug-likeness (QED) is 0.393. The third-order valence-electron chi connectivity index (χ3n) is 7.33. The molecule has 0 amide bonds. The highest BCUT2D eigenvalue weighted by Crippen LogP contribution is 2.39. The molecule has 6 nitrogen and oxygen atoms in total. The van der Waals surface area contributed by atoms with E-state index in [0.717, 1.165) is 19.6 Å². The second-order valence-corrected chi connectivity index (χ2v) is 10.2. The molecular formula is C28H28F2N4O2. The molecule has 2 saturated heterocycles. The van der Waals surface area contributed by atoms with Crippen molar-refractivity contribution in [1.82, 2.24) is 15.0 Å². The van der Waals surface area contributed by atoms with Gasteiger partial charge in [-0.3, -0.25) is 4.98 Å². The van der Waals surface area contributed by atoms with Crippen molar-refractivity contribution in [1.29, 1.82) is 0 Å². The smallest absolute Gasteiger partial charge is 0.175 e. The van der Waals surface area contributed by atoms with Crippen LogP contribution in [-0.2, 0) is 11.2 Å². The maximum atomic E-state index is 16.3. The van der Waals surface area contributed by atoms with Crippen molar-refractivity contribution in [3.05, 3.63) is 53.5 Å². The van der Waals surface area contributed by atoms with Crippen molar-refractivity contribution >= 4 is 27.5 Å². The highest BCUT2D eigenvalue weighted by molar-refractivity contribution is 6.01. The first-order valence-electron chi connectivity index (χ1n) is 12.5. The van der Waals surface area contributed by atoms with Gasteiger partial charge in [0.1, 0.15) is 34.4 Å². The average Bonchev–Trinajstić information content (AvgIpc) is 3.20. The van der Waals surface area contributed by atoms with E-state index in [-0.39, 0.29) is 34.8 Å². The first-order chi connectivity index (χ1) is 17.3. The molecule has 0 radical (unpaired) electrons. The fourth-order valence-corrected chi connectivity index (χ4v) is 5.62. The molecular weight excluding hydrogens is 462 g/mol. The zero-order valence-corrected chi connectivity index (χ0v) is 20.6. The third kappa shape index (κ3) is 3.66. The number of piperidine rings is 1. The normalized spacial score (nSPS) is 19.7. The van der Waals surface area contributed by atoms with Crippen molar-refractivity contribution in [2.24, 2.45) is 5.92 Å². The lowest BCUT2D eigenvalue weighted by Gasteiger charge is -2.32. The number of hydrogen-bond donors (Lipinski definition) is 1. The van der Waals surface area contributed by atoms with Gasteiger partial charge in [0.2, 0.25) is 0 Å². The second-order valence-electron chi connectivity index (χ2n) is 10.2. The number of phenolic OH excluding ortho intramolecular Hbond substituents is 1. The molecule has 0 spiro atoms. The molecule has 0 aliphatic carbocycles. The van der Waals surface area contributed by atoms with Crippen LogP contribution in [0.4, 0.5) is 14.6 Å². The van der Waals surface area contributed by atoms with Crippen molar-refractivity contribution < 1.29 is 18.6 Å². The van der Waals surface area contributed by atoms with Crippen LogP contribution in [0.3, 0.4) is 0 Å². The fraction of sp³-hybridized carbons (Fsp3) is 0.393. The number of pyridine rings is 1. The number of benzene rings is 2. The predicted octanol–water partition coefficient (Wildman–Crippen LogP) is 5.74. The molecule has 2 aliphatic heterocycles. The topological polar surface area (TPSA) is 71.4 Å². The molecule has 0 unspecified atom stereocenters. The van der Waals surface area contributed by atoms with Gasteiger partial charge in [-0.2, -0.15) is 0 Å². The Kier molecular flexibility index (Phi) is 5.52. The minimum atomic E-state index is -0.604. The van der Waals surface area contributed by atoms with Crippen molar-refractivity contribution in [3.63, 3.8) is 0 Å². The molecule has 0 saturated carbocycles.